The first kappa shape index (κ1) is 15.4. The van der Waals surface area contributed by atoms with E-state index < -0.39 is 0 Å². The highest BCUT2D eigenvalue weighted by molar-refractivity contribution is 5.72. The summed E-state index contributed by atoms with van der Waals surface area (Å²) in [6, 6.07) is 0.597. The van der Waals surface area contributed by atoms with E-state index in [1.54, 1.807) is 0 Å². The molecule has 0 rings (SSSR count). The Kier molecular flexibility index (Phi) is 7.39. The van der Waals surface area contributed by atoms with Gasteiger partial charge in [-0.05, 0) is 19.8 Å². The largest absolute Gasteiger partial charge is 0.469 e. The second-order valence-electron chi connectivity index (χ2n) is 4.63. The summed E-state index contributed by atoms with van der Waals surface area (Å²) < 4.78 is 4.75. The highest BCUT2D eigenvalue weighted by Gasteiger charge is 2.23. The summed E-state index contributed by atoms with van der Waals surface area (Å²) in [4.78, 5) is 11.4. The molecule has 0 heterocycles. The standard InChI is InChI=1S/C13H27NO2/c1-7-12(8-2)11(5)14-10(4)9(3)13(15)16-6/h9-12,14H,7-8H2,1-6H3. The Labute approximate surface area is 99.9 Å². The number of ether oxygens (including phenoxy) is 1. The molecule has 3 heteroatoms. The minimum Gasteiger partial charge on any atom is -0.469 e. The number of hydrogen-bond donors (Lipinski definition) is 1. The van der Waals surface area contributed by atoms with Gasteiger partial charge in [0.05, 0.1) is 13.0 Å². The molecule has 0 saturated carbocycles. The molecule has 0 saturated heterocycles. The minimum absolute atomic E-state index is 0.0955. The zero-order chi connectivity index (χ0) is 12.7. The van der Waals surface area contributed by atoms with Gasteiger partial charge in [0.25, 0.3) is 0 Å². The molecule has 0 bridgehead atoms. The smallest absolute Gasteiger partial charge is 0.309 e. The van der Waals surface area contributed by atoms with Crippen LogP contribution >= 0.6 is 0 Å². The van der Waals surface area contributed by atoms with Crippen LogP contribution < -0.4 is 5.32 Å². The molecule has 0 aliphatic heterocycles. The van der Waals surface area contributed by atoms with E-state index in [0.717, 1.165) is 0 Å². The van der Waals surface area contributed by atoms with E-state index in [9.17, 15) is 4.79 Å². The molecule has 0 aliphatic rings. The molecule has 0 radical (unpaired) electrons. The number of rotatable bonds is 7. The molecule has 0 amide bonds. The number of carbonyl (C=O) groups is 1. The Morgan fingerprint density at radius 3 is 2.00 bits per heavy atom. The van der Waals surface area contributed by atoms with Gasteiger partial charge in [0.1, 0.15) is 0 Å². The van der Waals surface area contributed by atoms with Gasteiger partial charge in [-0.15, -0.1) is 0 Å². The summed E-state index contributed by atoms with van der Waals surface area (Å²) in [6.07, 6.45) is 2.34. The summed E-state index contributed by atoms with van der Waals surface area (Å²) in [7, 11) is 1.44. The van der Waals surface area contributed by atoms with Crippen molar-refractivity contribution in [2.75, 3.05) is 7.11 Å². The van der Waals surface area contributed by atoms with Gasteiger partial charge in [-0.2, -0.15) is 0 Å². The zero-order valence-corrected chi connectivity index (χ0v) is 11.5. The molecule has 3 atom stereocenters. The van der Waals surface area contributed by atoms with Gasteiger partial charge in [0.15, 0.2) is 0 Å². The lowest BCUT2D eigenvalue weighted by molar-refractivity contribution is -0.145. The molecule has 0 fully saturated rings. The van der Waals surface area contributed by atoms with Gasteiger partial charge in [0.2, 0.25) is 0 Å². The van der Waals surface area contributed by atoms with E-state index >= 15 is 0 Å². The average molecular weight is 229 g/mol. The highest BCUT2D eigenvalue weighted by atomic mass is 16.5. The fraction of sp³-hybridized carbons (Fsp3) is 0.923. The lowest BCUT2D eigenvalue weighted by Crippen LogP contribution is -2.44. The Hall–Kier alpha value is -0.570. The molecule has 1 N–H and O–H groups in total. The maximum atomic E-state index is 11.4. The van der Waals surface area contributed by atoms with Gasteiger partial charge >= 0.3 is 5.97 Å². The summed E-state index contributed by atoms with van der Waals surface area (Å²) in [5.74, 6) is 0.436. The Balaban J connectivity index is 4.21. The number of methoxy groups -OCH3 is 1. The number of carbonyl (C=O) groups excluding carboxylic acids is 1. The molecule has 0 aromatic heterocycles. The Morgan fingerprint density at radius 2 is 1.62 bits per heavy atom. The normalized spacial score (nSPS) is 16.9. The third-order valence-electron chi connectivity index (χ3n) is 3.60. The van der Waals surface area contributed by atoms with E-state index in [1.807, 2.05) is 13.8 Å². The highest BCUT2D eigenvalue weighted by Crippen LogP contribution is 2.15. The molecule has 3 nitrogen and oxygen atoms in total. The fourth-order valence-corrected chi connectivity index (χ4v) is 2.08. The first-order valence-corrected chi connectivity index (χ1v) is 6.31. The molecular formula is C13H27NO2. The van der Waals surface area contributed by atoms with Crippen LogP contribution in [0.3, 0.4) is 0 Å². The van der Waals surface area contributed by atoms with Crippen molar-refractivity contribution < 1.29 is 9.53 Å². The number of esters is 1. The van der Waals surface area contributed by atoms with E-state index in [0.29, 0.717) is 12.0 Å². The Bertz CT molecular complexity index is 202. The third kappa shape index (κ3) is 4.52. The van der Waals surface area contributed by atoms with Crippen LogP contribution in [0, 0.1) is 11.8 Å². The molecule has 3 unspecified atom stereocenters. The van der Waals surface area contributed by atoms with Crippen molar-refractivity contribution in [2.24, 2.45) is 11.8 Å². The summed E-state index contributed by atoms with van der Waals surface area (Å²) in [5, 5.41) is 3.50. The van der Waals surface area contributed by atoms with Crippen molar-refractivity contribution in [1.82, 2.24) is 5.32 Å². The van der Waals surface area contributed by atoms with Gasteiger partial charge in [-0.25, -0.2) is 0 Å². The minimum atomic E-state index is -0.142. The average Bonchev–Trinajstić information content (AvgIpc) is 2.28. The van der Waals surface area contributed by atoms with E-state index in [-0.39, 0.29) is 17.9 Å². The summed E-state index contributed by atoms with van der Waals surface area (Å²) in [6.45, 7) is 10.6. The zero-order valence-electron chi connectivity index (χ0n) is 11.5. The van der Waals surface area contributed by atoms with Gasteiger partial charge in [-0.3, -0.25) is 4.79 Å². The van der Waals surface area contributed by atoms with Gasteiger partial charge in [0, 0.05) is 12.1 Å². The number of nitrogens with one attached hydrogen (secondary N) is 1. The molecule has 0 aromatic rings. The predicted octanol–water partition coefficient (Wildman–Crippen LogP) is 2.60. The maximum absolute atomic E-state index is 11.4. The maximum Gasteiger partial charge on any atom is 0.309 e. The monoisotopic (exact) mass is 229 g/mol. The molecule has 0 spiro atoms. The summed E-state index contributed by atoms with van der Waals surface area (Å²) in [5.41, 5.74) is 0. The van der Waals surface area contributed by atoms with Crippen LogP contribution in [-0.4, -0.2) is 25.2 Å². The van der Waals surface area contributed by atoms with Crippen LogP contribution in [0.1, 0.15) is 47.5 Å². The quantitative estimate of drug-likeness (QED) is 0.682. The van der Waals surface area contributed by atoms with Crippen molar-refractivity contribution in [3.8, 4) is 0 Å². The first-order chi connectivity index (χ1) is 7.47. The van der Waals surface area contributed by atoms with Crippen LogP contribution in [0.4, 0.5) is 0 Å². The van der Waals surface area contributed by atoms with Crippen LogP contribution in [0.25, 0.3) is 0 Å². The fourth-order valence-electron chi connectivity index (χ4n) is 2.08. The number of hydrogen-bond acceptors (Lipinski definition) is 3. The van der Waals surface area contributed by atoms with Gasteiger partial charge < -0.3 is 10.1 Å². The lowest BCUT2D eigenvalue weighted by Gasteiger charge is -2.28. The van der Waals surface area contributed by atoms with Crippen molar-refractivity contribution in [2.45, 2.75) is 59.5 Å². The van der Waals surface area contributed by atoms with Crippen LogP contribution in [0.2, 0.25) is 0 Å². The molecule has 0 aliphatic carbocycles. The van der Waals surface area contributed by atoms with Gasteiger partial charge in [-0.1, -0.05) is 33.6 Å². The second-order valence-corrected chi connectivity index (χ2v) is 4.63. The second kappa shape index (κ2) is 7.66. The van der Waals surface area contributed by atoms with E-state index in [1.165, 1.54) is 20.0 Å². The first-order valence-electron chi connectivity index (χ1n) is 6.31. The SMILES string of the molecule is CCC(CC)C(C)NC(C)C(C)C(=O)OC. The molecule has 0 aromatic carbocycles. The molecular weight excluding hydrogens is 202 g/mol. The molecule has 96 valence electrons. The van der Waals surface area contributed by atoms with Crippen molar-refractivity contribution in [3.63, 3.8) is 0 Å². The van der Waals surface area contributed by atoms with Crippen molar-refractivity contribution >= 4 is 5.97 Å². The van der Waals surface area contributed by atoms with Crippen LogP contribution in [0.5, 0.6) is 0 Å². The van der Waals surface area contributed by atoms with E-state index in [2.05, 4.69) is 26.1 Å². The predicted molar refractivity (Wildman–Crippen MR) is 67.3 cm³/mol. The van der Waals surface area contributed by atoms with Crippen molar-refractivity contribution in [1.29, 1.82) is 0 Å². The summed E-state index contributed by atoms with van der Waals surface area (Å²) >= 11 is 0. The topological polar surface area (TPSA) is 38.3 Å². The Morgan fingerprint density at radius 1 is 1.12 bits per heavy atom. The molecule has 16 heavy (non-hydrogen) atoms. The van der Waals surface area contributed by atoms with Crippen molar-refractivity contribution in [3.05, 3.63) is 0 Å². The lowest BCUT2D eigenvalue weighted by atomic mass is 9.93. The van der Waals surface area contributed by atoms with Crippen LogP contribution in [-0.2, 0) is 9.53 Å². The van der Waals surface area contributed by atoms with Crippen LogP contribution in [0.15, 0.2) is 0 Å². The third-order valence-corrected chi connectivity index (χ3v) is 3.60. The van der Waals surface area contributed by atoms with E-state index in [4.69, 9.17) is 4.74 Å².